The average Bonchev–Trinajstić information content (AvgIpc) is 2.69. The van der Waals surface area contributed by atoms with Crippen LogP contribution >= 0.6 is 46.9 Å². The molecule has 0 radical (unpaired) electrons. The maximum atomic E-state index is 12.2. The van der Waals surface area contributed by atoms with Crippen molar-refractivity contribution >= 4 is 58.5 Å². The van der Waals surface area contributed by atoms with E-state index in [-0.39, 0.29) is 19.8 Å². The van der Waals surface area contributed by atoms with Crippen LogP contribution in [0.5, 0.6) is 0 Å². The van der Waals surface area contributed by atoms with Gasteiger partial charge in [0.25, 0.3) is 5.91 Å². The third kappa shape index (κ3) is 3.53. The quantitative estimate of drug-likeness (QED) is 0.649. The molecule has 1 heterocycles. The molecule has 0 unspecified atom stereocenters. The van der Waals surface area contributed by atoms with Crippen LogP contribution in [0.1, 0.15) is 16.1 Å². The van der Waals surface area contributed by atoms with Gasteiger partial charge in [-0.1, -0.05) is 29.3 Å². The molecular formula is C11H9BrCl2N3O4P. The summed E-state index contributed by atoms with van der Waals surface area (Å²) >= 11 is 14.7. The van der Waals surface area contributed by atoms with Gasteiger partial charge in [-0.05, 0) is 40.5 Å². The Morgan fingerprint density at radius 1 is 1.41 bits per heavy atom. The average molecular weight is 429 g/mol. The molecule has 1 aromatic carbocycles. The fourth-order valence-electron chi connectivity index (χ4n) is 1.59. The number of benzene rings is 1. The number of anilines is 1. The Balaban J connectivity index is 2.36. The van der Waals surface area contributed by atoms with Gasteiger partial charge in [-0.25, -0.2) is 4.57 Å². The van der Waals surface area contributed by atoms with Crippen LogP contribution in [0, 0.1) is 6.92 Å². The lowest BCUT2D eigenvalue weighted by Crippen LogP contribution is -2.14. The SMILES string of the molecule is Cc1ccc(NC(=O)c2nn(P(=O)(O)O)c(Cl)c2Br)c(Cl)c1. The lowest BCUT2D eigenvalue weighted by atomic mass is 10.2. The van der Waals surface area contributed by atoms with Crippen LogP contribution in [0.2, 0.25) is 10.2 Å². The van der Waals surface area contributed by atoms with E-state index in [9.17, 15) is 9.36 Å². The maximum Gasteiger partial charge on any atom is 0.451 e. The summed E-state index contributed by atoms with van der Waals surface area (Å²) in [5, 5.41) is 5.98. The largest absolute Gasteiger partial charge is 0.451 e. The van der Waals surface area contributed by atoms with E-state index in [1.807, 2.05) is 6.92 Å². The van der Waals surface area contributed by atoms with E-state index in [0.717, 1.165) is 5.56 Å². The molecule has 0 spiro atoms. The standard InChI is InChI=1S/C11H9BrCl2N3O4P/c1-5-2-3-7(6(13)4-5)15-11(18)9-8(12)10(14)17(16-9)22(19,20)21/h2-4H,1H3,(H,15,18)(H2,19,20,21). The van der Waals surface area contributed by atoms with Crippen molar-refractivity contribution in [2.75, 3.05) is 5.32 Å². The minimum absolute atomic E-state index is 0.0294. The normalized spacial score (nSPS) is 11.5. The first-order valence-electron chi connectivity index (χ1n) is 5.69. The maximum absolute atomic E-state index is 12.2. The molecule has 0 fully saturated rings. The van der Waals surface area contributed by atoms with Gasteiger partial charge in [0.05, 0.1) is 15.2 Å². The number of nitrogens with zero attached hydrogens (tertiary/aromatic N) is 2. The molecule has 1 amide bonds. The Morgan fingerprint density at radius 3 is 2.55 bits per heavy atom. The number of carbonyl (C=O) groups excluding carboxylic acids is 1. The monoisotopic (exact) mass is 427 g/mol. The van der Waals surface area contributed by atoms with Crippen LogP contribution in [0.3, 0.4) is 0 Å². The number of nitrogens with one attached hydrogen (secondary N) is 1. The molecule has 118 valence electrons. The Bertz CT molecular complexity index is 805. The van der Waals surface area contributed by atoms with Gasteiger partial charge in [0.2, 0.25) is 0 Å². The fourth-order valence-corrected chi connectivity index (χ4v) is 3.39. The van der Waals surface area contributed by atoms with Crippen molar-refractivity contribution in [2.24, 2.45) is 0 Å². The number of aromatic nitrogens is 2. The molecule has 0 atom stereocenters. The van der Waals surface area contributed by atoms with E-state index in [4.69, 9.17) is 33.0 Å². The second-order valence-electron chi connectivity index (χ2n) is 4.29. The van der Waals surface area contributed by atoms with Gasteiger partial charge >= 0.3 is 7.75 Å². The zero-order valence-corrected chi connectivity index (χ0v) is 14.9. The third-order valence-corrected chi connectivity index (χ3v) is 5.14. The molecule has 0 saturated carbocycles. The van der Waals surface area contributed by atoms with Crippen LogP contribution in [0.15, 0.2) is 22.7 Å². The molecule has 0 aliphatic rings. The summed E-state index contributed by atoms with van der Waals surface area (Å²) in [6.07, 6.45) is 0. The zero-order valence-electron chi connectivity index (χ0n) is 10.9. The summed E-state index contributed by atoms with van der Waals surface area (Å²) in [5.41, 5.74) is 0.981. The summed E-state index contributed by atoms with van der Waals surface area (Å²) in [6.45, 7) is 1.84. The minimum atomic E-state index is -4.76. The molecule has 2 rings (SSSR count). The predicted octanol–water partition coefficient (Wildman–Crippen LogP) is 3.45. The summed E-state index contributed by atoms with van der Waals surface area (Å²) in [5.74, 6) is -0.716. The molecule has 0 aliphatic carbocycles. The lowest BCUT2D eigenvalue weighted by molar-refractivity contribution is 0.102. The Labute approximate surface area is 143 Å². The highest BCUT2D eigenvalue weighted by atomic mass is 79.9. The molecular weight excluding hydrogens is 420 g/mol. The second-order valence-corrected chi connectivity index (χ2v) is 7.26. The van der Waals surface area contributed by atoms with Crippen LogP contribution in [0.4, 0.5) is 5.69 Å². The first-order chi connectivity index (χ1) is 10.1. The first kappa shape index (κ1) is 17.5. The first-order valence-corrected chi connectivity index (χ1v) is 8.80. The van der Waals surface area contributed by atoms with E-state index in [1.165, 1.54) is 0 Å². The molecule has 0 bridgehead atoms. The van der Waals surface area contributed by atoms with E-state index < -0.39 is 13.7 Å². The molecule has 0 saturated heterocycles. The highest BCUT2D eigenvalue weighted by molar-refractivity contribution is 9.10. The van der Waals surface area contributed by atoms with Gasteiger partial charge < -0.3 is 15.1 Å². The number of hydrogen-bond donors (Lipinski definition) is 3. The molecule has 3 N–H and O–H groups in total. The summed E-state index contributed by atoms with van der Waals surface area (Å²) < 4.78 is 11.5. The van der Waals surface area contributed by atoms with Gasteiger partial charge in [-0.15, -0.1) is 0 Å². The highest BCUT2D eigenvalue weighted by Gasteiger charge is 2.29. The van der Waals surface area contributed by atoms with Gasteiger partial charge in [-0.2, -0.15) is 9.55 Å². The number of rotatable bonds is 3. The van der Waals surface area contributed by atoms with Crippen LogP contribution in [0.25, 0.3) is 0 Å². The number of halogens is 3. The Kier molecular flexibility index (Phi) is 5.01. The van der Waals surface area contributed by atoms with Crippen molar-refractivity contribution in [1.82, 2.24) is 9.55 Å². The molecule has 11 heteroatoms. The highest BCUT2D eigenvalue weighted by Crippen LogP contribution is 2.42. The van der Waals surface area contributed by atoms with Crippen molar-refractivity contribution in [2.45, 2.75) is 6.92 Å². The second kappa shape index (κ2) is 6.31. The molecule has 7 nitrogen and oxygen atoms in total. The van der Waals surface area contributed by atoms with E-state index in [2.05, 4.69) is 26.3 Å². The van der Waals surface area contributed by atoms with Crippen molar-refractivity contribution in [1.29, 1.82) is 0 Å². The number of carbonyl (C=O) groups is 1. The topological polar surface area (TPSA) is 104 Å². The van der Waals surface area contributed by atoms with Gasteiger partial charge in [0.15, 0.2) is 10.8 Å². The van der Waals surface area contributed by atoms with Crippen molar-refractivity contribution in [3.8, 4) is 0 Å². The van der Waals surface area contributed by atoms with Gasteiger partial charge in [0, 0.05) is 0 Å². The van der Waals surface area contributed by atoms with Crippen LogP contribution in [-0.2, 0) is 4.57 Å². The molecule has 0 aliphatic heterocycles. The Hall–Kier alpha value is -0.890. The fraction of sp³-hybridized carbons (Fsp3) is 0.0909. The zero-order chi connectivity index (χ0) is 16.7. The predicted molar refractivity (Wildman–Crippen MR) is 86.5 cm³/mol. The minimum Gasteiger partial charge on any atom is -0.319 e. The van der Waals surface area contributed by atoms with Crippen molar-refractivity contribution in [3.63, 3.8) is 0 Å². The smallest absolute Gasteiger partial charge is 0.319 e. The van der Waals surface area contributed by atoms with Crippen LogP contribution < -0.4 is 5.32 Å². The molecule has 22 heavy (non-hydrogen) atoms. The summed E-state index contributed by atoms with van der Waals surface area (Å²) in [7, 11) is -4.76. The number of amides is 1. The molecule has 2 aromatic rings. The van der Waals surface area contributed by atoms with E-state index in [1.54, 1.807) is 18.2 Å². The van der Waals surface area contributed by atoms with Gasteiger partial charge in [0.1, 0.15) is 0 Å². The van der Waals surface area contributed by atoms with Crippen molar-refractivity contribution in [3.05, 3.63) is 44.1 Å². The van der Waals surface area contributed by atoms with Crippen LogP contribution in [-0.4, -0.2) is 25.2 Å². The van der Waals surface area contributed by atoms with Crippen molar-refractivity contribution < 1.29 is 19.1 Å². The van der Waals surface area contributed by atoms with E-state index >= 15 is 0 Å². The number of aryl methyl sites for hydroxylation is 1. The third-order valence-electron chi connectivity index (χ3n) is 2.59. The number of hydrogen-bond acceptors (Lipinski definition) is 3. The van der Waals surface area contributed by atoms with Gasteiger partial charge in [-0.3, -0.25) is 4.79 Å². The molecule has 1 aromatic heterocycles. The Morgan fingerprint density at radius 2 is 2.05 bits per heavy atom. The summed E-state index contributed by atoms with van der Waals surface area (Å²) in [4.78, 5) is 30.4. The summed E-state index contributed by atoms with van der Waals surface area (Å²) in [6, 6.07) is 5.01. The van der Waals surface area contributed by atoms with E-state index in [0.29, 0.717) is 10.7 Å². The lowest BCUT2D eigenvalue weighted by Gasteiger charge is -2.06.